The molecule has 0 aliphatic rings. The van der Waals surface area contributed by atoms with Gasteiger partial charge in [-0.3, -0.25) is 14.5 Å². The van der Waals surface area contributed by atoms with Crippen LogP contribution in [0.3, 0.4) is 0 Å². The Kier molecular flexibility index (Phi) is 6.83. The molecule has 0 aliphatic carbocycles. The largest absolute Gasteiger partial charge is 0.468 e. The highest BCUT2D eigenvalue weighted by molar-refractivity contribution is 7.98. The molecular formula is C17H24N4O3S. The zero-order chi connectivity index (χ0) is 18.4. The SMILES string of the molecule is CSc1nc(C)c(CCC(=O)NCC(c2ccco2)N(C)C)c(=O)[nH]1. The Balaban J connectivity index is 1.92. The number of carbonyl (C=O) groups excluding carboxylic acids is 1. The molecule has 0 aromatic carbocycles. The summed E-state index contributed by atoms with van der Waals surface area (Å²) in [6.45, 7) is 2.24. The van der Waals surface area contributed by atoms with E-state index in [1.807, 2.05) is 37.4 Å². The van der Waals surface area contributed by atoms with E-state index in [1.54, 1.807) is 13.2 Å². The van der Waals surface area contributed by atoms with Crippen LogP contribution < -0.4 is 10.9 Å². The molecule has 0 saturated heterocycles. The molecule has 0 saturated carbocycles. The smallest absolute Gasteiger partial charge is 0.254 e. The van der Waals surface area contributed by atoms with Crippen LogP contribution in [-0.4, -0.2) is 47.7 Å². The Morgan fingerprint density at radius 1 is 1.48 bits per heavy atom. The fourth-order valence-electron chi connectivity index (χ4n) is 2.53. The molecule has 2 heterocycles. The van der Waals surface area contributed by atoms with Gasteiger partial charge in [0.2, 0.25) is 5.91 Å². The molecule has 136 valence electrons. The molecule has 25 heavy (non-hydrogen) atoms. The van der Waals surface area contributed by atoms with Crippen molar-refractivity contribution in [2.75, 3.05) is 26.9 Å². The molecule has 1 unspecified atom stereocenters. The lowest BCUT2D eigenvalue weighted by Crippen LogP contribution is -2.34. The Morgan fingerprint density at radius 2 is 2.24 bits per heavy atom. The Hall–Kier alpha value is -2.06. The Morgan fingerprint density at radius 3 is 2.80 bits per heavy atom. The number of hydrogen-bond donors (Lipinski definition) is 2. The minimum absolute atomic E-state index is 0.0355. The lowest BCUT2D eigenvalue weighted by molar-refractivity contribution is -0.121. The van der Waals surface area contributed by atoms with Gasteiger partial charge in [-0.25, -0.2) is 4.98 Å². The van der Waals surface area contributed by atoms with Crippen molar-refractivity contribution in [2.45, 2.75) is 31.0 Å². The lowest BCUT2D eigenvalue weighted by Gasteiger charge is -2.22. The molecular weight excluding hydrogens is 340 g/mol. The van der Waals surface area contributed by atoms with Crippen molar-refractivity contribution in [3.8, 4) is 0 Å². The summed E-state index contributed by atoms with van der Waals surface area (Å²) in [5.74, 6) is 0.695. The number of hydrogen-bond acceptors (Lipinski definition) is 6. The number of nitrogens with one attached hydrogen (secondary N) is 2. The van der Waals surface area contributed by atoms with E-state index in [0.29, 0.717) is 29.4 Å². The standard InChI is InChI=1S/C17H24N4O3S/c1-11-12(16(23)20-17(19-11)25-4)7-8-15(22)18-10-13(21(2)3)14-6-5-9-24-14/h5-6,9,13H,7-8,10H2,1-4H3,(H,18,22)(H,19,20,23). The maximum atomic E-state index is 12.2. The van der Waals surface area contributed by atoms with Gasteiger partial charge < -0.3 is 14.7 Å². The van der Waals surface area contributed by atoms with Crippen LogP contribution in [0.1, 0.15) is 29.5 Å². The van der Waals surface area contributed by atoms with Gasteiger partial charge in [0.1, 0.15) is 5.76 Å². The molecule has 0 spiro atoms. The third kappa shape index (κ3) is 5.20. The molecule has 2 aromatic heterocycles. The summed E-state index contributed by atoms with van der Waals surface area (Å²) >= 11 is 1.38. The number of aromatic amines is 1. The van der Waals surface area contributed by atoms with Crippen molar-refractivity contribution >= 4 is 17.7 Å². The topological polar surface area (TPSA) is 91.2 Å². The quantitative estimate of drug-likeness (QED) is 0.548. The number of aryl methyl sites for hydroxylation is 1. The number of carbonyl (C=O) groups is 1. The van der Waals surface area contributed by atoms with Gasteiger partial charge in [-0.2, -0.15) is 0 Å². The van der Waals surface area contributed by atoms with Crippen LogP contribution in [0.25, 0.3) is 0 Å². The Labute approximate surface area is 151 Å². The van der Waals surface area contributed by atoms with Crippen LogP contribution in [0.2, 0.25) is 0 Å². The van der Waals surface area contributed by atoms with E-state index in [0.717, 1.165) is 5.76 Å². The molecule has 2 rings (SSSR count). The number of likely N-dealkylation sites (N-methyl/N-ethyl adjacent to an activating group) is 1. The van der Waals surface area contributed by atoms with E-state index in [4.69, 9.17) is 4.42 Å². The van der Waals surface area contributed by atoms with Gasteiger partial charge in [0.15, 0.2) is 5.16 Å². The van der Waals surface area contributed by atoms with Crippen molar-refractivity contribution < 1.29 is 9.21 Å². The fraction of sp³-hybridized carbons (Fsp3) is 0.471. The minimum atomic E-state index is -0.175. The first-order valence-electron chi connectivity index (χ1n) is 8.02. The van der Waals surface area contributed by atoms with E-state index in [9.17, 15) is 9.59 Å². The first kappa shape index (κ1) is 19.3. The minimum Gasteiger partial charge on any atom is -0.468 e. The highest BCUT2D eigenvalue weighted by Crippen LogP contribution is 2.17. The summed E-state index contributed by atoms with van der Waals surface area (Å²) in [5, 5.41) is 3.49. The van der Waals surface area contributed by atoms with Crippen molar-refractivity contribution in [1.82, 2.24) is 20.2 Å². The molecule has 7 nitrogen and oxygen atoms in total. The summed E-state index contributed by atoms with van der Waals surface area (Å²) in [5.41, 5.74) is 1.05. The maximum Gasteiger partial charge on any atom is 0.254 e. The molecule has 0 aliphatic heterocycles. The average molecular weight is 364 g/mol. The summed E-state index contributed by atoms with van der Waals surface area (Å²) in [4.78, 5) is 33.3. The molecule has 2 N–H and O–H groups in total. The number of aromatic nitrogens is 2. The number of thioether (sulfide) groups is 1. The van der Waals surface area contributed by atoms with E-state index in [-0.39, 0.29) is 23.9 Å². The fourth-order valence-corrected chi connectivity index (χ4v) is 2.95. The van der Waals surface area contributed by atoms with Gasteiger partial charge >= 0.3 is 0 Å². The first-order valence-corrected chi connectivity index (χ1v) is 9.25. The average Bonchev–Trinajstić information content (AvgIpc) is 3.07. The van der Waals surface area contributed by atoms with Crippen molar-refractivity contribution in [3.05, 3.63) is 45.8 Å². The van der Waals surface area contributed by atoms with E-state index in [1.165, 1.54) is 11.8 Å². The van der Waals surface area contributed by atoms with Crippen LogP contribution in [0.15, 0.2) is 32.8 Å². The predicted octanol–water partition coefficient (Wildman–Crippen LogP) is 1.74. The second-order valence-corrected chi connectivity index (χ2v) is 6.73. The van der Waals surface area contributed by atoms with Gasteiger partial charge in [0.05, 0.1) is 12.3 Å². The van der Waals surface area contributed by atoms with E-state index >= 15 is 0 Å². The van der Waals surface area contributed by atoms with Crippen molar-refractivity contribution in [2.24, 2.45) is 0 Å². The third-order valence-electron chi connectivity index (χ3n) is 3.98. The van der Waals surface area contributed by atoms with Crippen LogP contribution in [0, 0.1) is 6.92 Å². The van der Waals surface area contributed by atoms with Crippen molar-refractivity contribution in [3.63, 3.8) is 0 Å². The number of H-pyrrole nitrogens is 1. The van der Waals surface area contributed by atoms with Crippen LogP contribution in [-0.2, 0) is 11.2 Å². The normalized spacial score (nSPS) is 12.4. The summed E-state index contributed by atoms with van der Waals surface area (Å²) in [6, 6.07) is 3.68. The predicted molar refractivity (Wildman–Crippen MR) is 97.8 cm³/mol. The molecule has 0 fully saturated rings. The van der Waals surface area contributed by atoms with Crippen LogP contribution in [0.5, 0.6) is 0 Å². The molecule has 0 bridgehead atoms. The van der Waals surface area contributed by atoms with Gasteiger partial charge in [0, 0.05) is 24.2 Å². The van der Waals surface area contributed by atoms with Gasteiger partial charge in [0.25, 0.3) is 5.56 Å². The van der Waals surface area contributed by atoms with Gasteiger partial charge in [-0.1, -0.05) is 11.8 Å². The molecule has 2 aromatic rings. The molecule has 1 amide bonds. The maximum absolute atomic E-state index is 12.2. The van der Waals surface area contributed by atoms with E-state index in [2.05, 4.69) is 15.3 Å². The van der Waals surface area contributed by atoms with Gasteiger partial charge in [-0.05, 0) is 45.8 Å². The monoisotopic (exact) mass is 364 g/mol. The number of nitrogens with zero attached hydrogens (tertiary/aromatic N) is 2. The molecule has 0 radical (unpaired) electrons. The highest BCUT2D eigenvalue weighted by atomic mass is 32.2. The van der Waals surface area contributed by atoms with Crippen molar-refractivity contribution in [1.29, 1.82) is 0 Å². The van der Waals surface area contributed by atoms with E-state index < -0.39 is 0 Å². The Bertz CT molecular complexity index is 756. The number of furan rings is 1. The zero-order valence-corrected chi connectivity index (χ0v) is 15.8. The highest BCUT2D eigenvalue weighted by Gasteiger charge is 2.18. The van der Waals surface area contributed by atoms with Crippen LogP contribution in [0.4, 0.5) is 0 Å². The number of amides is 1. The second-order valence-electron chi connectivity index (χ2n) is 5.94. The van der Waals surface area contributed by atoms with Crippen LogP contribution >= 0.6 is 11.8 Å². The molecule has 1 atom stereocenters. The lowest BCUT2D eigenvalue weighted by atomic mass is 10.1. The summed E-state index contributed by atoms with van der Waals surface area (Å²) in [6.07, 6.45) is 4.07. The summed E-state index contributed by atoms with van der Waals surface area (Å²) in [7, 11) is 3.86. The first-order chi connectivity index (χ1) is 11.9. The second kappa shape index (κ2) is 8.87. The molecule has 8 heteroatoms. The van der Waals surface area contributed by atoms with Gasteiger partial charge in [-0.15, -0.1) is 0 Å². The zero-order valence-electron chi connectivity index (χ0n) is 15.0. The third-order valence-corrected chi connectivity index (χ3v) is 4.56. The summed E-state index contributed by atoms with van der Waals surface area (Å²) < 4.78 is 5.42. The number of rotatable bonds is 8.